The molecular weight excluding hydrogens is 424 g/mol. The van der Waals surface area contributed by atoms with Crippen molar-refractivity contribution in [3.05, 3.63) is 41.5 Å². The van der Waals surface area contributed by atoms with Gasteiger partial charge in [-0.25, -0.2) is 13.1 Å². The fourth-order valence-electron chi connectivity index (χ4n) is 4.63. The molecule has 0 radical (unpaired) electrons. The molecule has 1 unspecified atom stereocenters. The maximum Gasteiger partial charge on any atom is 0.241 e. The fraction of sp³-hybridized carbons (Fsp3) is 0.522. The van der Waals surface area contributed by atoms with Crippen LogP contribution < -0.4 is 10.0 Å². The van der Waals surface area contributed by atoms with Gasteiger partial charge in [-0.1, -0.05) is 13.8 Å². The maximum absolute atomic E-state index is 13.3. The van der Waals surface area contributed by atoms with Crippen LogP contribution in [0.5, 0.6) is 0 Å². The Morgan fingerprint density at radius 1 is 1.19 bits per heavy atom. The molecule has 2 N–H and O–H groups in total. The SMILES string of the molecule is CCNc1nncn1C1CCc2cc(S(=O)(=O)NCC(C)C)c3cc(C4CC4)ncc3c21. The molecule has 32 heavy (non-hydrogen) atoms. The molecule has 2 heterocycles. The Bertz CT molecular complexity index is 1260. The molecule has 0 saturated heterocycles. The van der Waals surface area contributed by atoms with E-state index in [0.717, 1.165) is 65.8 Å². The van der Waals surface area contributed by atoms with Crippen LogP contribution in [0.25, 0.3) is 10.8 Å². The van der Waals surface area contributed by atoms with Crippen LogP contribution in [0.15, 0.2) is 29.6 Å². The summed E-state index contributed by atoms with van der Waals surface area (Å²) in [5.41, 5.74) is 3.19. The van der Waals surface area contributed by atoms with E-state index in [-0.39, 0.29) is 12.0 Å². The molecule has 0 bridgehead atoms. The standard InChI is InChI=1S/C23H30N6O2S/c1-4-24-23-28-26-13-29(23)20-8-7-16-9-21(32(30,31)27-11-14(2)3)17-10-19(15-5-6-15)25-12-18(17)22(16)20/h9-10,12-15,20,27H,4-8,11H2,1-3H3,(H,24,28). The van der Waals surface area contributed by atoms with Crippen molar-refractivity contribution in [3.63, 3.8) is 0 Å². The minimum Gasteiger partial charge on any atom is -0.355 e. The number of aryl methyl sites for hydroxylation is 1. The maximum atomic E-state index is 13.3. The Balaban J connectivity index is 1.68. The molecule has 1 aromatic carbocycles. The van der Waals surface area contributed by atoms with Crippen molar-refractivity contribution in [1.82, 2.24) is 24.5 Å². The normalized spacial score (nSPS) is 18.4. The van der Waals surface area contributed by atoms with E-state index in [2.05, 4.69) is 24.8 Å². The van der Waals surface area contributed by atoms with E-state index in [1.165, 1.54) is 0 Å². The number of sulfonamides is 1. The average molecular weight is 455 g/mol. The van der Waals surface area contributed by atoms with Crippen LogP contribution in [0.2, 0.25) is 0 Å². The predicted molar refractivity (Wildman–Crippen MR) is 124 cm³/mol. The highest BCUT2D eigenvalue weighted by Gasteiger charge is 2.33. The average Bonchev–Trinajstić information content (AvgIpc) is 3.38. The summed E-state index contributed by atoms with van der Waals surface area (Å²) in [4.78, 5) is 5.12. The summed E-state index contributed by atoms with van der Waals surface area (Å²) < 4.78 is 31.5. The zero-order valence-corrected chi connectivity index (χ0v) is 19.6. The molecule has 9 heteroatoms. The largest absolute Gasteiger partial charge is 0.355 e. The second-order valence-corrected chi connectivity index (χ2v) is 11.0. The van der Waals surface area contributed by atoms with Gasteiger partial charge < -0.3 is 5.32 Å². The number of anilines is 1. The minimum absolute atomic E-state index is 0.0468. The lowest BCUT2D eigenvalue weighted by Crippen LogP contribution is -2.28. The molecule has 2 aliphatic carbocycles. The van der Waals surface area contributed by atoms with Crippen LogP contribution in [0, 0.1) is 5.92 Å². The topological polar surface area (TPSA) is 102 Å². The lowest BCUT2D eigenvalue weighted by atomic mass is 9.99. The van der Waals surface area contributed by atoms with Crippen LogP contribution in [-0.2, 0) is 16.4 Å². The third-order valence-corrected chi connectivity index (χ3v) is 7.83. The first-order valence-corrected chi connectivity index (χ1v) is 13.0. The Hall–Kier alpha value is -2.52. The first kappa shape index (κ1) is 21.3. The smallest absolute Gasteiger partial charge is 0.241 e. The number of pyridine rings is 1. The van der Waals surface area contributed by atoms with Gasteiger partial charge in [0.15, 0.2) is 0 Å². The van der Waals surface area contributed by atoms with Crippen molar-refractivity contribution < 1.29 is 8.42 Å². The molecule has 2 aliphatic rings. The highest BCUT2D eigenvalue weighted by Crippen LogP contribution is 2.45. The van der Waals surface area contributed by atoms with E-state index < -0.39 is 10.0 Å². The number of rotatable bonds is 8. The van der Waals surface area contributed by atoms with Gasteiger partial charge in [0, 0.05) is 41.7 Å². The molecule has 1 atom stereocenters. The van der Waals surface area contributed by atoms with Gasteiger partial charge in [0.05, 0.1) is 10.9 Å². The van der Waals surface area contributed by atoms with Crippen molar-refractivity contribution >= 4 is 26.7 Å². The van der Waals surface area contributed by atoms with E-state index in [9.17, 15) is 8.42 Å². The van der Waals surface area contributed by atoms with E-state index in [1.807, 2.05) is 39.1 Å². The van der Waals surface area contributed by atoms with E-state index >= 15 is 0 Å². The zero-order valence-electron chi connectivity index (χ0n) is 18.8. The summed E-state index contributed by atoms with van der Waals surface area (Å²) in [7, 11) is -3.64. The molecule has 2 aromatic heterocycles. The van der Waals surface area contributed by atoms with Crippen molar-refractivity contribution in [2.24, 2.45) is 5.92 Å². The van der Waals surface area contributed by atoms with Crippen molar-refractivity contribution in [2.45, 2.75) is 63.3 Å². The van der Waals surface area contributed by atoms with Crippen LogP contribution in [0.1, 0.15) is 68.8 Å². The Morgan fingerprint density at radius 2 is 2.00 bits per heavy atom. The zero-order chi connectivity index (χ0) is 22.5. The Labute approximate surface area is 188 Å². The highest BCUT2D eigenvalue weighted by molar-refractivity contribution is 7.89. The molecule has 0 amide bonds. The van der Waals surface area contributed by atoms with E-state index in [0.29, 0.717) is 17.4 Å². The summed E-state index contributed by atoms with van der Waals surface area (Å²) in [5.74, 6) is 1.41. The molecule has 170 valence electrons. The summed E-state index contributed by atoms with van der Waals surface area (Å²) in [6.07, 6.45) is 7.55. The fourth-order valence-corrected chi connectivity index (χ4v) is 6.09. The van der Waals surface area contributed by atoms with Gasteiger partial charge >= 0.3 is 0 Å². The van der Waals surface area contributed by atoms with Gasteiger partial charge in [-0.2, -0.15) is 0 Å². The van der Waals surface area contributed by atoms with Crippen LogP contribution >= 0.6 is 0 Å². The second-order valence-electron chi connectivity index (χ2n) is 9.27. The lowest BCUT2D eigenvalue weighted by Gasteiger charge is -2.20. The third-order valence-electron chi connectivity index (χ3n) is 6.36. The van der Waals surface area contributed by atoms with E-state index in [1.54, 1.807) is 6.33 Å². The van der Waals surface area contributed by atoms with Crippen LogP contribution in [0.4, 0.5) is 5.95 Å². The molecule has 0 aliphatic heterocycles. The molecule has 5 rings (SSSR count). The molecule has 3 aromatic rings. The third kappa shape index (κ3) is 3.77. The Kier molecular flexibility index (Phi) is 5.41. The first-order valence-electron chi connectivity index (χ1n) is 11.5. The van der Waals surface area contributed by atoms with Crippen molar-refractivity contribution in [2.75, 3.05) is 18.4 Å². The number of hydrogen-bond donors (Lipinski definition) is 2. The number of nitrogens with zero attached hydrogens (tertiary/aromatic N) is 4. The number of benzene rings is 1. The number of fused-ring (bicyclic) bond motifs is 3. The summed E-state index contributed by atoms with van der Waals surface area (Å²) in [5, 5.41) is 13.3. The van der Waals surface area contributed by atoms with Gasteiger partial charge in [-0.3, -0.25) is 9.55 Å². The quantitative estimate of drug-likeness (QED) is 0.539. The molecule has 1 fully saturated rings. The van der Waals surface area contributed by atoms with Crippen LogP contribution in [-0.4, -0.2) is 41.3 Å². The molecule has 0 spiro atoms. The number of aromatic nitrogens is 4. The van der Waals surface area contributed by atoms with Gasteiger partial charge in [0.2, 0.25) is 16.0 Å². The summed E-state index contributed by atoms with van der Waals surface area (Å²) in [6, 6.07) is 3.93. The van der Waals surface area contributed by atoms with Gasteiger partial charge in [-0.15, -0.1) is 10.2 Å². The van der Waals surface area contributed by atoms with Crippen molar-refractivity contribution in [1.29, 1.82) is 0 Å². The lowest BCUT2D eigenvalue weighted by molar-refractivity contribution is 0.561. The van der Waals surface area contributed by atoms with Crippen LogP contribution in [0.3, 0.4) is 0 Å². The minimum atomic E-state index is -3.64. The van der Waals surface area contributed by atoms with Gasteiger partial charge in [0.1, 0.15) is 6.33 Å². The van der Waals surface area contributed by atoms with Crippen molar-refractivity contribution in [3.8, 4) is 0 Å². The monoisotopic (exact) mass is 454 g/mol. The number of hydrogen-bond acceptors (Lipinski definition) is 6. The first-order chi connectivity index (χ1) is 15.4. The predicted octanol–water partition coefficient (Wildman–Crippen LogP) is 3.61. The molecule has 1 saturated carbocycles. The summed E-state index contributed by atoms with van der Waals surface area (Å²) in [6.45, 7) is 7.21. The number of nitrogens with one attached hydrogen (secondary N) is 2. The summed E-state index contributed by atoms with van der Waals surface area (Å²) >= 11 is 0. The van der Waals surface area contributed by atoms with Gasteiger partial charge in [-0.05, 0) is 61.8 Å². The van der Waals surface area contributed by atoms with E-state index in [4.69, 9.17) is 4.98 Å². The molecule has 8 nitrogen and oxygen atoms in total. The second kappa shape index (κ2) is 8.12. The molecular formula is C23H30N6O2S. The Morgan fingerprint density at radius 3 is 2.72 bits per heavy atom. The highest BCUT2D eigenvalue weighted by atomic mass is 32.2. The van der Waals surface area contributed by atoms with Gasteiger partial charge in [0.25, 0.3) is 0 Å².